The minimum Gasteiger partial charge on any atom is -1.00 e. The van der Waals surface area contributed by atoms with Crippen LogP contribution >= 0.6 is 22.5 Å². The number of carbonyl (C=O) groups is 2. The van der Waals surface area contributed by atoms with Gasteiger partial charge >= 0.3 is 59.1 Å². The van der Waals surface area contributed by atoms with Crippen LogP contribution in [0.1, 0.15) is 22.1 Å². The van der Waals surface area contributed by atoms with E-state index in [2.05, 4.69) is 17.0 Å². The average Bonchev–Trinajstić information content (AvgIpc) is 2.30. The summed E-state index contributed by atoms with van der Waals surface area (Å²) in [6.45, 7) is 0. The second-order valence-electron chi connectivity index (χ2n) is 3.22. The molecule has 1 aromatic carbocycles. The van der Waals surface area contributed by atoms with Crippen molar-refractivity contribution in [1.82, 2.24) is 0 Å². The third kappa shape index (κ3) is 9.04. The molecule has 0 unspecified atom stereocenters. The van der Waals surface area contributed by atoms with Gasteiger partial charge in [-0.15, -0.1) is 11.7 Å². The summed E-state index contributed by atoms with van der Waals surface area (Å²) in [7, 11) is 1.36. The number of nitrogens with one attached hydrogen (secondary N) is 1. The van der Waals surface area contributed by atoms with Gasteiger partial charge in [-0.1, -0.05) is 10.8 Å². The Morgan fingerprint density at radius 2 is 1.94 bits per heavy atom. The zero-order valence-electron chi connectivity index (χ0n) is 12.7. The van der Waals surface area contributed by atoms with E-state index in [-0.39, 0.29) is 67.9 Å². The van der Waals surface area contributed by atoms with E-state index in [0.717, 1.165) is 16.9 Å². The average molecular weight is 303 g/mol. The first-order chi connectivity index (χ1) is 7.76. The first-order valence-electron chi connectivity index (χ1n) is 4.91. The van der Waals surface area contributed by atoms with E-state index in [1.54, 1.807) is 0 Å². The first kappa shape index (κ1) is 21.4. The first-order valence-corrected chi connectivity index (χ1v) is 6.78. The van der Waals surface area contributed by atoms with Crippen LogP contribution < -0.4 is 64.4 Å². The van der Waals surface area contributed by atoms with Gasteiger partial charge in [-0.25, -0.2) is 0 Å². The molecule has 1 aromatic rings. The molecule has 0 fully saturated rings. The van der Waals surface area contributed by atoms with E-state index in [0.29, 0.717) is 19.3 Å². The number of benzene rings is 1. The molecule has 0 radical (unpaired) electrons. The number of hydrogen-bond donors (Lipinski definition) is 2. The fourth-order valence-corrected chi connectivity index (χ4v) is 1.79. The predicted octanol–water partition coefficient (Wildman–Crippen LogP) is -2.84. The van der Waals surface area contributed by atoms with Crippen LogP contribution in [0.5, 0.6) is 0 Å². The maximum absolute atomic E-state index is 11.4. The summed E-state index contributed by atoms with van der Waals surface area (Å²) < 4.78 is 0. The van der Waals surface area contributed by atoms with E-state index in [1.807, 2.05) is 24.3 Å². The van der Waals surface area contributed by atoms with Gasteiger partial charge in [0.2, 0.25) is 5.91 Å². The number of carbonyl (C=O) groups excluding carboxylic acids is 2. The van der Waals surface area contributed by atoms with Crippen molar-refractivity contribution in [2.45, 2.75) is 24.2 Å². The van der Waals surface area contributed by atoms with Crippen LogP contribution in [0.25, 0.3) is 0 Å². The Morgan fingerprint density at radius 1 is 1.33 bits per heavy atom. The summed E-state index contributed by atoms with van der Waals surface area (Å²) >= 11 is 4.07. The number of rotatable bonds is 6. The van der Waals surface area contributed by atoms with Crippen molar-refractivity contribution < 1.29 is 71.6 Å². The molecule has 0 aliphatic heterocycles. The van der Waals surface area contributed by atoms with Crippen molar-refractivity contribution in [2.24, 2.45) is 0 Å². The summed E-state index contributed by atoms with van der Waals surface area (Å²) in [6, 6.07) is 7.43. The van der Waals surface area contributed by atoms with Gasteiger partial charge in [0, 0.05) is 23.4 Å². The van der Waals surface area contributed by atoms with Gasteiger partial charge in [-0.2, -0.15) is 0 Å². The number of aldehydes is 1. The van der Waals surface area contributed by atoms with E-state index in [4.69, 9.17) is 0 Å². The number of hydrogen-bond acceptors (Lipinski definition) is 4. The third-order valence-electron chi connectivity index (χ3n) is 1.97. The van der Waals surface area contributed by atoms with Gasteiger partial charge < -0.3 is 13.0 Å². The Kier molecular flexibility index (Phi) is 15.5. The van der Waals surface area contributed by atoms with Gasteiger partial charge in [-0.05, 0) is 30.7 Å². The van der Waals surface area contributed by atoms with Crippen LogP contribution in [0.2, 0.25) is 0 Å². The van der Waals surface area contributed by atoms with Crippen molar-refractivity contribution in [3.63, 3.8) is 0 Å². The molecule has 1 N–H and O–H groups in total. The number of thiol groups is 1. The van der Waals surface area contributed by atoms with Crippen LogP contribution in [0.15, 0.2) is 29.2 Å². The molecule has 18 heavy (non-hydrogen) atoms. The molecule has 0 saturated heterocycles. The zero-order valence-corrected chi connectivity index (χ0v) is 16.4. The minimum atomic E-state index is -0.0619. The molecule has 0 heterocycles. The smallest absolute Gasteiger partial charge is 1.00 e. The molecule has 0 aliphatic rings. The summed E-state index contributed by atoms with van der Waals surface area (Å²) in [6.07, 6.45) is 2.23. The summed E-state index contributed by atoms with van der Waals surface area (Å²) in [5.74, 6) is -0.0619. The SMILES string of the molecule is O=CCCCC(=O)Nc1ccc(SS)cc1.[H-].[H-].[Na+].[Na+]. The molecule has 0 aromatic heterocycles. The van der Waals surface area contributed by atoms with Crippen molar-refractivity contribution in [3.8, 4) is 0 Å². The molecule has 0 spiro atoms. The number of amides is 1. The topological polar surface area (TPSA) is 46.2 Å². The fraction of sp³-hybridized carbons (Fsp3) is 0.273. The van der Waals surface area contributed by atoms with Gasteiger partial charge in [-0.3, -0.25) is 4.79 Å². The van der Waals surface area contributed by atoms with Crippen molar-refractivity contribution in [2.75, 3.05) is 5.32 Å². The Bertz CT molecular complexity index is 370. The Hall–Kier alpha value is 1.06. The molecule has 90 valence electrons. The summed E-state index contributed by atoms with van der Waals surface area (Å²) in [5, 5.41) is 2.76. The molecular weight excluding hydrogens is 288 g/mol. The van der Waals surface area contributed by atoms with Crippen LogP contribution in [0.4, 0.5) is 5.69 Å². The third-order valence-corrected chi connectivity index (χ3v) is 3.08. The van der Waals surface area contributed by atoms with E-state index < -0.39 is 0 Å². The van der Waals surface area contributed by atoms with Crippen LogP contribution in [-0.4, -0.2) is 12.2 Å². The fourth-order valence-electron chi connectivity index (χ4n) is 1.17. The molecule has 0 atom stereocenters. The van der Waals surface area contributed by atoms with Gasteiger partial charge in [0.1, 0.15) is 6.29 Å². The molecular formula is C11H15NNa2O2S2. The van der Waals surface area contributed by atoms with E-state index in [9.17, 15) is 9.59 Å². The molecule has 0 aliphatic carbocycles. The largest absolute Gasteiger partial charge is 1.00 e. The van der Waals surface area contributed by atoms with Crippen LogP contribution in [0.3, 0.4) is 0 Å². The van der Waals surface area contributed by atoms with E-state index >= 15 is 0 Å². The Morgan fingerprint density at radius 3 is 2.44 bits per heavy atom. The normalized spacial score (nSPS) is 8.72. The summed E-state index contributed by atoms with van der Waals surface area (Å²) in [5.41, 5.74) is 0.766. The van der Waals surface area contributed by atoms with Crippen molar-refractivity contribution >= 4 is 40.3 Å². The quantitative estimate of drug-likeness (QED) is 0.196. The second-order valence-corrected chi connectivity index (χ2v) is 4.42. The molecule has 0 bridgehead atoms. The zero-order chi connectivity index (χ0) is 11.8. The molecule has 0 saturated carbocycles. The maximum atomic E-state index is 11.4. The minimum absolute atomic E-state index is 0. The van der Waals surface area contributed by atoms with Crippen LogP contribution in [-0.2, 0) is 9.59 Å². The van der Waals surface area contributed by atoms with Gasteiger partial charge in [0.05, 0.1) is 0 Å². The maximum Gasteiger partial charge on any atom is 1.00 e. The van der Waals surface area contributed by atoms with Crippen molar-refractivity contribution in [3.05, 3.63) is 24.3 Å². The Labute approximate surface area is 164 Å². The molecule has 1 amide bonds. The number of anilines is 1. The summed E-state index contributed by atoms with van der Waals surface area (Å²) in [4.78, 5) is 22.5. The number of unbranched alkanes of at least 4 members (excludes halogenated alkanes) is 1. The van der Waals surface area contributed by atoms with Crippen LogP contribution in [0, 0.1) is 0 Å². The van der Waals surface area contributed by atoms with Crippen molar-refractivity contribution in [1.29, 1.82) is 0 Å². The molecule has 7 heteroatoms. The monoisotopic (exact) mass is 303 g/mol. The van der Waals surface area contributed by atoms with Gasteiger partial charge in [0.15, 0.2) is 0 Å². The molecule has 3 nitrogen and oxygen atoms in total. The standard InChI is InChI=1S/C11H13NO2S2.2Na.2H/c13-8-2-1-3-11(14)12-9-4-6-10(16-15)7-5-9;;;;/h4-8,15H,1-3H2,(H,12,14);;;;/q;2*+1;2*-1. The van der Waals surface area contributed by atoms with E-state index in [1.165, 1.54) is 10.8 Å². The molecule has 1 rings (SSSR count). The second kappa shape index (κ2) is 13.1. The Balaban J connectivity index is -0.000000320. The predicted molar refractivity (Wildman–Crippen MR) is 72.1 cm³/mol. The van der Waals surface area contributed by atoms with Gasteiger partial charge in [0.25, 0.3) is 0 Å².